The number of carbonyl (C=O) groups is 8. The van der Waals surface area contributed by atoms with Gasteiger partial charge in [-0.25, -0.2) is 4.79 Å². The molecule has 0 aliphatic carbocycles. The fourth-order valence-corrected chi connectivity index (χ4v) is 8.00. The fraction of sp³-hybridized carbons (Fsp3) is 0.561. The molecule has 1 aromatic heterocycles. The maximum atomic E-state index is 14.0. The number of aliphatic carboxylic acids is 2. The molecule has 1 saturated heterocycles. The summed E-state index contributed by atoms with van der Waals surface area (Å²) in [7, 11) is 5.20. The molecule has 0 spiro atoms. The fourth-order valence-electron chi connectivity index (χ4n) is 6.89. The van der Waals surface area contributed by atoms with Crippen molar-refractivity contribution in [2.45, 2.75) is 96.0 Å². The molecule has 17 nitrogen and oxygen atoms in total. The Morgan fingerprint density at radius 3 is 2.27 bits per heavy atom. The quantitative estimate of drug-likeness (QED) is 0.0780. The molecular formula is C41H59N7O10S. The van der Waals surface area contributed by atoms with Crippen LogP contribution in [0.25, 0.3) is 10.9 Å². The van der Waals surface area contributed by atoms with Gasteiger partial charge >= 0.3 is 11.9 Å². The number of nitrogens with one attached hydrogen (secondary N) is 4. The monoisotopic (exact) mass is 841 g/mol. The zero-order valence-corrected chi connectivity index (χ0v) is 36.2. The molecule has 59 heavy (non-hydrogen) atoms. The van der Waals surface area contributed by atoms with Crippen LogP contribution < -0.4 is 21.3 Å². The van der Waals surface area contributed by atoms with Crippen LogP contribution in [-0.4, -0.2) is 135 Å². The third-order valence-electron chi connectivity index (χ3n) is 10.4. The van der Waals surface area contributed by atoms with E-state index in [1.807, 2.05) is 76.7 Å². The van der Waals surface area contributed by atoms with Crippen molar-refractivity contribution in [3.8, 4) is 0 Å². The van der Waals surface area contributed by atoms with E-state index in [1.165, 1.54) is 17.9 Å². The Labute approximate surface area is 349 Å². The average Bonchev–Trinajstić information content (AvgIpc) is 3.64. The summed E-state index contributed by atoms with van der Waals surface area (Å²) in [5.74, 6) is -5.09. The van der Waals surface area contributed by atoms with Gasteiger partial charge in [0.1, 0.15) is 12.1 Å². The predicted molar refractivity (Wildman–Crippen MR) is 223 cm³/mol. The van der Waals surface area contributed by atoms with Gasteiger partial charge in [0.15, 0.2) is 0 Å². The Hall–Kier alpha value is -5.23. The van der Waals surface area contributed by atoms with Gasteiger partial charge in [-0.3, -0.25) is 38.5 Å². The Kier molecular flexibility index (Phi) is 16.8. The second-order valence-electron chi connectivity index (χ2n) is 16.4. The number of hydrogen-bond acceptors (Lipinski definition) is 10. The number of rotatable bonds is 21. The minimum atomic E-state index is -1.42. The second-order valence-corrected chi connectivity index (χ2v) is 17.7. The largest absolute Gasteiger partial charge is 0.481 e. The highest BCUT2D eigenvalue weighted by atomic mass is 32.2. The summed E-state index contributed by atoms with van der Waals surface area (Å²) in [4.78, 5) is 103. The van der Waals surface area contributed by atoms with E-state index in [0.717, 1.165) is 33.1 Å². The lowest BCUT2D eigenvalue weighted by Gasteiger charge is -2.38. The number of benzene rings is 1. The van der Waals surface area contributed by atoms with Gasteiger partial charge in [0.05, 0.1) is 17.7 Å². The summed E-state index contributed by atoms with van der Waals surface area (Å²) in [5.41, 5.74) is 0.747. The zero-order valence-electron chi connectivity index (χ0n) is 35.3. The minimum Gasteiger partial charge on any atom is -0.481 e. The second kappa shape index (κ2) is 20.6. The standard InChI is InChI=1S/C41H59N7O10S/c1-24(35(53)44-27(39(57)58)14-15-30(49)43-18-20-48-31(50)22-29(37(48)55)59-21-17-32(51)52)16-19-46(8)38(56)34(40(2,3)4)45-36(54)33(42-7)41(5,6)26-23-47(9)28-13-11-10-12-25(26)28/h10-13,16,23,27,29,33-34,42H,14-15,17-22H2,1-9H3,(H,43,49)(H,44,53)(H,45,54)(H,51,52)(H,57,58)/b24-16+/t27?,29?,33-,34?/m1/s1. The molecule has 6 N–H and O–H groups in total. The molecule has 0 saturated carbocycles. The number of amides is 6. The van der Waals surface area contributed by atoms with Crippen LogP contribution in [0.4, 0.5) is 0 Å². The van der Waals surface area contributed by atoms with Crippen molar-refractivity contribution >= 4 is 70.0 Å². The number of fused-ring (bicyclic) bond motifs is 1. The van der Waals surface area contributed by atoms with Gasteiger partial charge in [0.2, 0.25) is 35.4 Å². The Morgan fingerprint density at radius 2 is 1.66 bits per heavy atom. The van der Waals surface area contributed by atoms with Gasteiger partial charge in [0.25, 0.3) is 0 Å². The normalized spacial score (nSPS) is 16.4. The molecule has 1 aliphatic heterocycles. The van der Waals surface area contributed by atoms with Crippen molar-refractivity contribution in [1.29, 1.82) is 0 Å². The highest BCUT2D eigenvalue weighted by molar-refractivity contribution is 8.00. The first kappa shape index (κ1) is 48.1. The number of hydrogen-bond donors (Lipinski definition) is 6. The molecule has 4 atom stereocenters. The van der Waals surface area contributed by atoms with Gasteiger partial charge in [-0.15, -0.1) is 11.8 Å². The van der Waals surface area contributed by atoms with Crippen LogP contribution in [0.5, 0.6) is 0 Å². The smallest absolute Gasteiger partial charge is 0.326 e. The summed E-state index contributed by atoms with van der Waals surface area (Å²) in [6, 6.07) is 4.88. The molecule has 6 amide bonds. The van der Waals surface area contributed by atoms with Crippen molar-refractivity contribution in [1.82, 2.24) is 35.6 Å². The van der Waals surface area contributed by atoms with E-state index >= 15 is 0 Å². The van der Waals surface area contributed by atoms with E-state index in [0.29, 0.717) is 0 Å². The average molecular weight is 842 g/mol. The van der Waals surface area contributed by atoms with Crippen LogP contribution >= 0.6 is 11.8 Å². The number of aromatic nitrogens is 1. The first-order valence-electron chi connectivity index (χ1n) is 19.4. The highest BCUT2D eigenvalue weighted by Gasteiger charge is 2.42. The Balaban J connectivity index is 1.55. The third-order valence-corrected chi connectivity index (χ3v) is 11.6. The molecule has 1 fully saturated rings. The lowest BCUT2D eigenvalue weighted by atomic mass is 9.76. The van der Waals surface area contributed by atoms with Crippen molar-refractivity contribution in [2.75, 3.05) is 39.5 Å². The molecule has 18 heteroatoms. The van der Waals surface area contributed by atoms with Crippen LogP contribution in [-0.2, 0) is 50.8 Å². The van der Waals surface area contributed by atoms with E-state index in [1.54, 1.807) is 14.1 Å². The van der Waals surface area contributed by atoms with E-state index in [2.05, 4.69) is 21.3 Å². The van der Waals surface area contributed by atoms with Crippen molar-refractivity contribution < 1.29 is 48.6 Å². The molecule has 3 unspecified atom stereocenters. The number of thioether (sulfide) groups is 1. The van der Waals surface area contributed by atoms with E-state index < -0.39 is 75.7 Å². The van der Waals surface area contributed by atoms with Crippen LogP contribution in [0.3, 0.4) is 0 Å². The van der Waals surface area contributed by atoms with Crippen LogP contribution in [0.1, 0.15) is 72.8 Å². The molecule has 0 bridgehead atoms. The zero-order chi connectivity index (χ0) is 44.4. The van der Waals surface area contributed by atoms with Gasteiger partial charge < -0.3 is 40.9 Å². The first-order chi connectivity index (χ1) is 27.5. The summed E-state index contributed by atoms with van der Waals surface area (Å²) < 4.78 is 2.02. The SMILES string of the molecule is CN[C@H](C(=O)NC(C(=O)N(C)C/C=C(\C)C(=O)NC(CCC(=O)NCCN1C(=O)CC(SCCC(=O)O)C1=O)C(=O)O)C(C)(C)C)C(C)(C)c1cn(C)c2ccccc12. The lowest BCUT2D eigenvalue weighted by molar-refractivity contribution is -0.142. The number of para-hydroxylation sites is 1. The molecule has 2 heterocycles. The first-order valence-corrected chi connectivity index (χ1v) is 20.5. The molecule has 0 radical (unpaired) electrons. The van der Waals surface area contributed by atoms with E-state index in [-0.39, 0.29) is 62.6 Å². The molecular weight excluding hydrogens is 783 g/mol. The Bertz CT molecular complexity index is 1950. The number of likely N-dealkylation sites (N-methyl/N-ethyl adjacent to an activating group) is 2. The van der Waals surface area contributed by atoms with Crippen molar-refractivity contribution in [3.05, 3.63) is 47.7 Å². The maximum Gasteiger partial charge on any atom is 0.326 e. The number of carboxylic acid groups (broad SMARTS) is 2. The third kappa shape index (κ3) is 12.6. The minimum absolute atomic E-state index is 0.0264. The number of aryl methyl sites for hydroxylation is 1. The molecule has 2 aromatic rings. The topological polar surface area (TPSA) is 237 Å². The van der Waals surface area contributed by atoms with Crippen LogP contribution in [0, 0.1) is 5.41 Å². The summed E-state index contributed by atoms with van der Waals surface area (Å²) >= 11 is 1.09. The summed E-state index contributed by atoms with van der Waals surface area (Å²) in [5, 5.41) is 30.0. The summed E-state index contributed by atoms with van der Waals surface area (Å²) in [6.45, 7) is 10.8. The van der Waals surface area contributed by atoms with Crippen molar-refractivity contribution in [2.24, 2.45) is 12.5 Å². The van der Waals surface area contributed by atoms with Crippen molar-refractivity contribution in [3.63, 3.8) is 0 Å². The van der Waals surface area contributed by atoms with Crippen LogP contribution in [0.2, 0.25) is 0 Å². The number of nitrogens with zero attached hydrogens (tertiary/aromatic N) is 3. The highest BCUT2D eigenvalue weighted by Crippen LogP contribution is 2.35. The van der Waals surface area contributed by atoms with Gasteiger partial charge in [-0.1, -0.05) is 58.9 Å². The van der Waals surface area contributed by atoms with E-state index in [4.69, 9.17) is 5.11 Å². The maximum absolute atomic E-state index is 14.0. The van der Waals surface area contributed by atoms with E-state index in [9.17, 15) is 43.5 Å². The lowest BCUT2D eigenvalue weighted by Crippen LogP contribution is -2.60. The Morgan fingerprint density at radius 1 is 1.00 bits per heavy atom. The summed E-state index contributed by atoms with van der Waals surface area (Å²) in [6.07, 6.45) is 2.76. The number of carboxylic acids is 2. The number of likely N-dealkylation sites (tertiary alicyclic amines) is 1. The molecule has 324 valence electrons. The van der Waals surface area contributed by atoms with Crippen LogP contribution in [0.15, 0.2) is 42.1 Å². The predicted octanol–water partition coefficient (Wildman–Crippen LogP) is 1.78. The molecule has 1 aliphatic rings. The molecule has 3 rings (SSSR count). The van der Waals surface area contributed by atoms with Gasteiger partial charge in [0, 0.05) is 80.4 Å². The number of imide groups is 1. The van der Waals surface area contributed by atoms with Gasteiger partial charge in [-0.05, 0) is 37.4 Å². The molecule has 1 aromatic carbocycles. The number of carbonyl (C=O) groups excluding carboxylic acids is 6. The van der Waals surface area contributed by atoms with Gasteiger partial charge in [-0.2, -0.15) is 0 Å².